The number of halogens is 1. The molecule has 56 valence electrons. The monoisotopic (exact) mass is 150 g/mol. The molecule has 2 radical (unpaired) electrons. The Hall–Kier alpha value is -0.825. The van der Waals surface area contributed by atoms with E-state index in [1.807, 2.05) is 0 Å². The van der Waals surface area contributed by atoms with Crippen molar-refractivity contribution in [3.8, 4) is 0 Å². The maximum atomic E-state index is 13.0. The lowest BCUT2D eigenvalue weighted by Crippen LogP contribution is -2.10. The van der Waals surface area contributed by atoms with Crippen molar-refractivity contribution in [3.05, 3.63) is 29.1 Å². The van der Waals surface area contributed by atoms with Gasteiger partial charge in [0.05, 0.1) is 6.61 Å². The van der Waals surface area contributed by atoms with Gasteiger partial charge in [-0.25, -0.2) is 4.39 Å². The van der Waals surface area contributed by atoms with Crippen LogP contribution in [0.1, 0.15) is 11.1 Å². The molecule has 3 heteroatoms. The van der Waals surface area contributed by atoms with E-state index in [9.17, 15) is 4.39 Å². The van der Waals surface area contributed by atoms with Gasteiger partial charge >= 0.3 is 0 Å². The molecule has 0 saturated heterocycles. The zero-order valence-corrected chi connectivity index (χ0v) is 6.26. The summed E-state index contributed by atoms with van der Waals surface area (Å²) in [7, 11) is 5.42. The van der Waals surface area contributed by atoms with Gasteiger partial charge in [-0.3, -0.25) is 0 Å². The third kappa shape index (κ3) is 1.43. The number of hydrogen-bond acceptors (Lipinski definition) is 1. The second-order valence-corrected chi connectivity index (χ2v) is 2.41. The minimum atomic E-state index is -0.410. The van der Waals surface area contributed by atoms with Crippen LogP contribution in [-0.2, 0) is 6.61 Å². The highest BCUT2D eigenvalue weighted by atomic mass is 19.1. The number of rotatable bonds is 1. The molecule has 0 heterocycles. The van der Waals surface area contributed by atoms with Crippen molar-refractivity contribution >= 4 is 13.3 Å². The Morgan fingerprint density at radius 1 is 1.55 bits per heavy atom. The van der Waals surface area contributed by atoms with Crippen LogP contribution in [0.2, 0.25) is 0 Å². The summed E-state index contributed by atoms with van der Waals surface area (Å²) in [5.74, 6) is -0.410. The lowest BCUT2D eigenvalue weighted by Gasteiger charge is -2.05. The summed E-state index contributed by atoms with van der Waals surface area (Å²) >= 11 is 0. The lowest BCUT2D eigenvalue weighted by atomic mass is 9.90. The molecule has 1 N–H and O–H groups in total. The van der Waals surface area contributed by atoms with Crippen molar-refractivity contribution in [3.63, 3.8) is 0 Å². The number of benzene rings is 1. The highest BCUT2D eigenvalue weighted by Gasteiger charge is 2.04. The largest absolute Gasteiger partial charge is 0.392 e. The Bertz CT molecular complexity index is 273. The van der Waals surface area contributed by atoms with Crippen LogP contribution in [0.3, 0.4) is 0 Å². The predicted molar refractivity (Wildman–Crippen MR) is 42.4 cm³/mol. The Morgan fingerprint density at radius 2 is 2.18 bits per heavy atom. The van der Waals surface area contributed by atoms with E-state index < -0.39 is 5.82 Å². The fraction of sp³-hybridized carbons (Fsp3) is 0.250. The van der Waals surface area contributed by atoms with Crippen molar-refractivity contribution in [2.24, 2.45) is 0 Å². The van der Waals surface area contributed by atoms with Crippen molar-refractivity contribution in [2.45, 2.75) is 13.5 Å². The summed E-state index contributed by atoms with van der Waals surface area (Å²) < 4.78 is 13.0. The quantitative estimate of drug-likeness (QED) is 0.575. The highest BCUT2D eigenvalue weighted by molar-refractivity contribution is 6.33. The molecule has 11 heavy (non-hydrogen) atoms. The van der Waals surface area contributed by atoms with Gasteiger partial charge in [-0.1, -0.05) is 17.6 Å². The second kappa shape index (κ2) is 3.05. The summed E-state index contributed by atoms with van der Waals surface area (Å²) in [6.45, 7) is 1.30. The van der Waals surface area contributed by atoms with Gasteiger partial charge in [0.1, 0.15) is 13.7 Å². The fourth-order valence-electron chi connectivity index (χ4n) is 0.878. The Balaban J connectivity index is 3.25. The van der Waals surface area contributed by atoms with E-state index in [1.165, 1.54) is 6.07 Å². The van der Waals surface area contributed by atoms with Crippen LogP contribution in [0.15, 0.2) is 12.1 Å². The van der Waals surface area contributed by atoms with E-state index in [4.69, 9.17) is 13.0 Å². The second-order valence-electron chi connectivity index (χ2n) is 2.41. The topological polar surface area (TPSA) is 20.2 Å². The minimum Gasteiger partial charge on any atom is -0.392 e. The molecule has 1 aromatic rings. The zero-order chi connectivity index (χ0) is 8.43. The van der Waals surface area contributed by atoms with Crippen LogP contribution in [0.25, 0.3) is 0 Å². The molecule has 0 atom stereocenters. The predicted octanol–water partition coefficient (Wildman–Crippen LogP) is 0.420. The Kier molecular flexibility index (Phi) is 2.30. The van der Waals surface area contributed by atoms with E-state index in [1.54, 1.807) is 13.0 Å². The fourth-order valence-corrected chi connectivity index (χ4v) is 0.878. The summed E-state index contributed by atoms with van der Waals surface area (Å²) in [6, 6.07) is 3.07. The molecule has 0 aliphatic heterocycles. The molecule has 0 bridgehead atoms. The van der Waals surface area contributed by atoms with Gasteiger partial charge in [0.2, 0.25) is 0 Å². The zero-order valence-electron chi connectivity index (χ0n) is 6.26. The van der Waals surface area contributed by atoms with Crippen molar-refractivity contribution in [1.29, 1.82) is 0 Å². The van der Waals surface area contributed by atoms with E-state index >= 15 is 0 Å². The molecular weight excluding hydrogens is 142 g/mol. The van der Waals surface area contributed by atoms with E-state index in [0.717, 1.165) is 0 Å². The van der Waals surface area contributed by atoms with Crippen LogP contribution < -0.4 is 5.46 Å². The Labute approximate surface area is 66.3 Å². The number of hydrogen-bond donors (Lipinski definition) is 1. The smallest absolute Gasteiger partial charge is 0.131 e. The minimum absolute atomic E-state index is 0.285. The van der Waals surface area contributed by atoms with Gasteiger partial charge in [0.15, 0.2) is 0 Å². The van der Waals surface area contributed by atoms with Crippen LogP contribution in [-0.4, -0.2) is 13.0 Å². The Morgan fingerprint density at radius 3 is 2.73 bits per heavy atom. The van der Waals surface area contributed by atoms with Gasteiger partial charge in [-0.05, 0) is 12.5 Å². The third-order valence-corrected chi connectivity index (χ3v) is 1.68. The molecule has 0 aromatic heterocycles. The van der Waals surface area contributed by atoms with Crippen LogP contribution in [0, 0.1) is 12.7 Å². The molecule has 1 nitrogen and oxygen atoms in total. The molecule has 0 aliphatic carbocycles. The summed E-state index contributed by atoms with van der Waals surface area (Å²) in [6.07, 6.45) is 0. The average Bonchev–Trinajstić information content (AvgIpc) is 2.01. The van der Waals surface area contributed by atoms with Gasteiger partial charge in [0.25, 0.3) is 0 Å². The maximum absolute atomic E-state index is 13.0. The molecule has 0 amide bonds. The van der Waals surface area contributed by atoms with Gasteiger partial charge < -0.3 is 5.11 Å². The van der Waals surface area contributed by atoms with Crippen molar-refractivity contribution in [2.75, 3.05) is 0 Å². The van der Waals surface area contributed by atoms with E-state index in [2.05, 4.69) is 0 Å². The van der Waals surface area contributed by atoms with Gasteiger partial charge in [-0.15, -0.1) is 0 Å². The standard InChI is InChI=1S/C8H8BFO/c1-5-7(9)3-2-6(4-11)8(5)10/h2-3,11H,4H2,1H3. The number of aliphatic hydroxyl groups excluding tert-OH is 1. The average molecular weight is 150 g/mol. The molecular formula is C8H8BFO. The third-order valence-electron chi connectivity index (χ3n) is 1.68. The first kappa shape index (κ1) is 8.27. The first-order valence-corrected chi connectivity index (χ1v) is 3.31. The van der Waals surface area contributed by atoms with Crippen molar-refractivity contribution in [1.82, 2.24) is 0 Å². The molecule has 0 spiro atoms. The van der Waals surface area contributed by atoms with Gasteiger partial charge in [0, 0.05) is 5.56 Å². The summed E-state index contributed by atoms with van der Waals surface area (Å²) in [5.41, 5.74) is 1.10. The molecule has 0 aliphatic rings. The van der Waals surface area contributed by atoms with Gasteiger partial charge in [-0.2, -0.15) is 0 Å². The van der Waals surface area contributed by atoms with E-state index in [-0.39, 0.29) is 12.2 Å². The first-order chi connectivity index (χ1) is 5.16. The SMILES string of the molecule is [B]c1ccc(CO)c(F)c1C. The summed E-state index contributed by atoms with van der Waals surface area (Å²) in [5, 5.41) is 8.65. The maximum Gasteiger partial charge on any atom is 0.131 e. The van der Waals surface area contributed by atoms with Crippen molar-refractivity contribution < 1.29 is 9.50 Å². The van der Waals surface area contributed by atoms with Crippen LogP contribution >= 0.6 is 0 Å². The molecule has 0 saturated carbocycles. The van der Waals surface area contributed by atoms with E-state index in [0.29, 0.717) is 11.0 Å². The normalized spacial score (nSPS) is 10.1. The summed E-state index contributed by atoms with van der Waals surface area (Å²) in [4.78, 5) is 0. The van der Waals surface area contributed by atoms with Crippen LogP contribution in [0.5, 0.6) is 0 Å². The molecule has 1 rings (SSSR count). The number of aliphatic hydroxyl groups is 1. The van der Waals surface area contributed by atoms with Crippen LogP contribution in [0.4, 0.5) is 4.39 Å². The first-order valence-electron chi connectivity index (χ1n) is 3.31. The molecule has 1 aromatic carbocycles. The molecule has 0 fully saturated rings. The molecule has 0 unspecified atom stereocenters. The highest BCUT2D eigenvalue weighted by Crippen LogP contribution is 2.08. The lowest BCUT2D eigenvalue weighted by molar-refractivity contribution is 0.275.